The Bertz CT molecular complexity index is 2910. The van der Waals surface area contributed by atoms with E-state index < -0.39 is 0 Å². The molecule has 0 amide bonds. The summed E-state index contributed by atoms with van der Waals surface area (Å²) in [5.74, 6) is 0. The fourth-order valence-corrected chi connectivity index (χ4v) is 7.45. The third-order valence-electron chi connectivity index (χ3n) is 9.63. The number of aromatic nitrogens is 2. The highest BCUT2D eigenvalue weighted by atomic mass is 15.0. The number of hydrogen-bond acceptors (Lipinski definition) is 3. The SMILES string of the molecule is N#Cc1ccc2c(c1)c1ccccc1n2-c1cc(-c2ccccc2)c(C#N)c(-c2cc(-n3c4ccccc4c4ccccc43)ccc2C#N)c1. The van der Waals surface area contributed by atoms with E-state index in [1.54, 1.807) is 0 Å². The molecule has 0 atom stereocenters. The van der Waals surface area contributed by atoms with Gasteiger partial charge in [-0.3, -0.25) is 0 Å². The third-order valence-corrected chi connectivity index (χ3v) is 9.63. The average molecular weight is 636 g/mol. The van der Waals surface area contributed by atoms with Crippen molar-refractivity contribution in [3.63, 3.8) is 0 Å². The molecule has 0 N–H and O–H groups in total. The summed E-state index contributed by atoms with van der Waals surface area (Å²) in [7, 11) is 0. The molecule has 9 rings (SSSR count). The van der Waals surface area contributed by atoms with Crippen LogP contribution in [-0.4, -0.2) is 9.13 Å². The summed E-state index contributed by atoms with van der Waals surface area (Å²) in [5, 5.41) is 35.4. The molecular formula is C45H25N5. The zero-order valence-corrected chi connectivity index (χ0v) is 26.7. The van der Waals surface area contributed by atoms with E-state index in [0.717, 1.165) is 66.1 Å². The lowest BCUT2D eigenvalue weighted by atomic mass is 9.89. The molecule has 0 aliphatic carbocycles. The standard InChI is InChI=1S/C45H25N5/c46-26-29-18-21-45-40(22-29)36-14-6-9-17-44(36)50(45)33-24-37(30-10-2-1-3-11-30)41(28-48)39(25-33)38-23-32(20-19-31(38)27-47)49-42-15-7-4-12-34(42)35-13-5-8-16-43(35)49/h1-25H. The Morgan fingerprint density at radius 1 is 0.380 bits per heavy atom. The van der Waals surface area contributed by atoms with Gasteiger partial charge in [-0.05, 0) is 72.3 Å². The molecule has 0 aliphatic heterocycles. The molecule has 0 saturated heterocycles. The fraction of sp³-hybridized carbons (Fsp3) is 0. The molecule has 230 valence electrons. The Kier molecular flexibility index (Phi) is 6.56. The third kappa shape index (κ3) is 4.31. The van der Waals surface area contributed by atoms with Gasteiger partial charge in [-0.25, -0.2) is 0 Å². The van der Waals surface area contributed by atoms with Gasteiger partial charge in [0.1, 0.15) is 6.07 Å². The van der Waals surface area contributed by atoms with Crippen LogP contribution in [0.4, 0.5) is 0 Å². The highest BCUT2D eigenvalue weighted by molar-refractivity contribution is 6.11. The monoisotopic (exact) mass is 635 g/mol. The second-order valence-corrected chi connectivity index (χ2v) is 12.3. The van der Waals surface area contributed by atoms with Crippen LogP contribution in [0.5, 0.6) is 0 Å². The van der Waals surface area contributed by atoms with Crippen LogP contribution in [0.25, 0.3) is 77.2 Å². The van der Waals surface area contributed by atoms with Crippen LogP contribution < -0.4 is 0 Å². The summed E-state index contributed by atoms with van der Waals surface area (Å²) < 4.78 is 4.41. The van der Waals surface area contributed by atoms with Crippen LogP contribution in [0.15, 0.2) is 152 Å². The van der Waals surface area contributed by atoms with Crippen LogP contribution in [0.3, 0.4) is 0 Å². The van der Waals surface area contributed by atoms with Crippen LogP contribution in [0.1, 0.15) is 16.7 Å². The minimum Gasteiger partial charge on any atom is -0.309 e. The van der Waals surface area contributed by atoms with Gasteiger partial charge in [0.2, 0.25) is 0 Å². The first-order valence-electron chi connectivity index (χ1n) is 16.3. The van der Waals surface area contributed by atoms with Crippen LogP contribution >= 0.6 is 0 Å². The quantitative estimate of drug-likeness (QED) is 0.193. The molecule has 2 aromatic heterocycles. The van der Waals surface area contributed by atoms with E-state index in [9.17, 15) is 15.8 Å². The van der Waals surface area contributed by atoms with Crippen molar-refractivity contribution < 1.29 is 0 Å². The fourth-order valence-electron chi connectivity index (χ4n) is 7.45. The number of para-hydroxylation sites is 3. The summed E-state index contributed by atoms with van der Waals surface area (Å²) >= 11 is 0. The van der Waals surface area contributed by atoms with Crippen LogP contribution in [-0.2, 0) is 0 Å². The zero-order chi connectivity index (χ0) is 33.8. The van der Waals surface area contributed by atoms with Crippen LogP contribution in [0.2, 0.25) is 0 Å². The molecule has 2 heterocycles. The van der Waals surface area contributed by atoms with Crippen molar-refractivity contribution in [3.8, 4) is 51.8 Å². The van der Waals surface area contributed by atoms with E-state index in [2.05, 4.69) is 81.9 Å². The summed E-state index contributed by atoms with van der Waals surface area (Å²) in [4.78, 5) is 0. The molecule has 0 saturated carbocycles. The molecule has 0 radical (unpaired) electrons. The van der Waals surface area contributed by atoms with Crippen molar-refractivity contribution in [2.75, 3.05) is 0 Å². The molecule has 0 fully saturated rings. The molecular weight excluding hydrogens is 611 g/mol. The number of nitrogens with zero attached hydrogens (tertiary/aromatic N) is 5. The largest absolute Gasteiger partial charge is 0.309 e. The number of hydrogen-bond donors (Lipinski definition) is 0. The smallest absolute Gasteiger partial charge is 0.100 e. The first-order chi connectivity index (χ1) is 24.7. The first-order valence-corrected chi connectivity index (χ1v) is 16.3. The summed E-state index contributed by atoms with van der Waals surface area (Å²) in [6.45, 7) is 0. The van der Waals surface area contributed by atoms with Crippen molar-refractivity contribution in [1.82, 2.24) is 9.13 Å². The Balaban J connectivity index is 1.38. The second-order valence-electron chi connectivity index (χ2n) is 12.3. The minimum absolute atomic E-state index is 0.475. The molecule has 0 spiro atoms. The average Bonchev–Trinajstić information content (AvgIpc) is 3.70. The highest BCUT2D eigenvalue weighted by Gasteiger charge is 2.21. The molecule has 7 aromatic carbocycles. The van der Waals surface area contributed by atoms with E-state index in [-0.39, 0.29) is 0 Å². The van der Waals surface area contributed by atoms with E-state index in [4.69, 9.17) is 0 Å². The van der Waals surface area contributed by atoms with E-state index in [0.29, 0.717) is 27.8 Å². The molecule has 5 nitrogen and oxygen atoms in total. The maximum Gasteiger partial charge on any atom is 0.100 e. The highest BCUT2D eigenvalue weighted by Crippen LogP contribution is 2.41. The van der Waals surface area contributed by atoms with Crippen molar-refractivity contribution in [2.24, 2.45) is 0 Å². The maximum absolute atomic E-state index is 10.9. The zero-order valence-electron chi connectivity index (χ0n) is 26.7. The molecule has 0 aliphatic rings. The van der Waals surface area contributed by atoms with E-state index >= 15 is 0 Å². The van der Waals surface area contributed by atoms with Crippen molar-refractivity contribution in [2.45, 2.75) is 0 Å². The van der Waals surface area contributed by atoms with Gasteiger partial charge in [0.15, 0.2) is 0 Å². The Labute approximate surface area is 287 Å². The lowest BCUT2D eigenvalue weighted by Gasteiger charge is -2.18. The molecule has 5 heteroatoms. The van der Waals surface area contributed by atoms with E-state index in [1.165, 1.54) is 0 Å². The van der Waals surface area contributed by atoms with Crippen LogP contribution in [0, 0.1) is 34.0 Å². The second kappa shape index (κ2) is 11.4. The number of fused-ring (bicyclic) bond motifs is 6. The van der Waals surface area contributed by atoms with E-state index in [1.807, 2.05) is 97.1 Å². The maximum atomic E-state index is 10.9. The van der Waals surface area contributed by atoms with Gasteiger partial charge < -0.3 is 9.13 Å². The number of rotatable bonds is 4. The molecule has 0 bridgehead atoms. The molecule has 0 unspecified atom stereocenters. The van der Waals surface area contributed by atoms with Gasteiger partial charge in [-0.2, -0.15) is 15.8 Å². The van der Waals surface area contributed by atoms with Gasteiger partial charge in [0, 0.05) is 49.6 Å². The van der Waals surface area contributed by atoms with Gasteiger partial charge >= 0.3 is 0 Å². The Morgan fingerprint density at radius 2 is 0.920 bits per heavy atom. The van der Waals surface area contributed by atoms with Crippen molar-refractivity contribution in [1.29, 1.82) is 15.8 Å². The van der Waals surface area contributed by atoms with Gasteiger partial charge in [0.05, 0.1) is 50.9 Å². The molecule has 9 aromatic rings. The predicted octanol–water partition coefficient (Wildman–Crippen LogP) is 10.8. The predicted molar refractivity (Wildman–Crippen MR) is 200 cm³/mol. The van der Waals surface area contributed by atoms with Crippen molar-refractivity contribution >= 4 is 43.6 Å². The lowest BCUT2D eigenvalue weighted by Crippen LogP contribution is -2.01. The minimum atomic E-state index is 0.475. The van der Waals surface area contributed by atoms with Gasteiger partial charge in [-0.1, -0.05) is 84.9 Å². The van der Waals surface area contributed by atoms with Gasteiger partial charge in [0.25, 0.3) is 0 Å². The number of nitriles is 3. The summed E-state index contributed by atoms with van der Waals surface area (Å²) in [6, 6.07) is 57.7. The first kappa shape index (κ1) is 28.8. The summed E-state index contributed by atoms with van der Waals surface area (Å²) in [5.41, 5.74) is 10.4. The van der Waals surface area contributed by atoms with Gasteiger partial charge in [-0.15, -0.1) is 0 Å². The Hall–Kier alpha value is -7.39. The normalized spacial score (nSPS) is 11.1. The lowest BCUT2D eigenvalue weighted by molar-refractivity contribution is 1.17. The molecule has 50 heavy (non-hydrogen) atoms. The topological polar surface area (TPSA) is 81.2 Å². The Morgan fingerprint density at radius 3 is 1.54 bits per heavy atom. The van der Waals surface area contributed by atoms with Crippen molar-refractivity contribution in [3.05, 3.63) is 168 Å². The number of benzene rings is 7. The summed E-state index contributed by atoms with van der Waals surface area (Å²) in [6.07, 6.45) is 0.